The number of nitrogens with zero attached hydrogens (tertiary/aromatic N) is 17. The lowest BCUT2D eigenvalue weighted by atomic mass is 9.91. The van der Waals surface area contributed by atoms with E-state index in [1.165, 1.54) is 95.8 Å². The Morgan fingerprint density at radius 3 is 1.55 bits per heavy atom. The summed E-state index contributed by atoms with van der Waals surface area (Å²) in [6, 6.07) is 35.4. The van der Waals surface area contributed by atoms with Crippen molar-refractivity contribution in [1.82, 2.24) is 65.3 Å². The Morgan fingerprint density at radius 1 is 0.673 bits per heavy atom. The van der Waals surface area contributed by atoms with Gasteiger partial charge in [-0.05, 0) is 147 Å². The number of aryl methyl sites for hydroxylation is 2. The number of carbonyl (C=O) groups is 6. The smallest absolute Gasteiger partial charge is 0.325 e. The number of carboxylic acid groups (broad SMARTS) is 1. The molecule has 13 rings (SSSR count). The van der Waals surface area contributed by atoms with Crippen LogP contribution in [0.3, 0.4) is 0 Å². The van der Waals surface area contributed by atoms with Gasteiger partial charge in [-0.15, -0.1) is 15.3 Å². The molecule has 5 amide bonds. The average Bonchev–Trinajstić information content (AvgIpc) is 1.57. The molecule has 36 heteroatoms. The number of nitriles is 2. The highest BCUT2D eigenvalue weighted by molar-refractivity contribution is 6.36. The number of benzene rings is 5. The first-order valence-corrected chi connectivity index (χ1v) is 34.5. The largest absolute Gasteiger partial charge is 0.480 e. The molecule has 0 saturated heterocycles. The van der Waals surface area contributed by atoms with E-state index in [1.54, 1.807) is 113 Å². The number of aliphatic carboxylic acids is 1. The summed E-state index contributed by atoms with van der Waals surface area (Å²) in [6.45, 7) is 12.5. The van der Waals surface area contributed by atoms with Gasteiger partial charge in [0.1, 0.15) is 45.6 Å². The minimum atomic E-state index is -1.33. The molecule has 110 heavy (non-hydrogen) atoms. The van der Waals surface area contributed by atoms with Gasteiger partial charge in [-0.3, -0.25) is 43.2 Å². The summed E-state index contributed by atoms with van der Waals surface area (Å²) in [7, 11) is 0. The van der Waals surface area contributed by atoms with Crippen LogP contribution in [-0.2, 0) is 43.1 Å². The van der Waals surface area contributed by atoms with Crippen molar-refractivity contribution < 1.29 is 47.9 Å². The Hall–Kier alpha value is -11.6. The van der Waals surface area contributed by atoms with Crippen LogP contribution in [0.15, 0.2) is 140 Å². The number of imidazole rings is 2. The van der Waals surface area contributed by atoms with Crippen LogP contribution in [0, 0.1) is 36.5 Å². The summed E-state index contributed by atoms with van der Waals surface area (Å²) in [5.74, 6) is -2.78. The number of hydrogen-bond donors (Lipinski definition) is 6. The minimum absolute atomic E-state index is 0. The molecule has 5 aromatic heterocycles. The lowest BCUT2D eigenvalue weighted by molar-refractivity contribution is -0.138. The SMILES string of the molecule is C.C.C.CCCCN=C=NC1CCCCC1.C[C@H](NC(=O)c1cnc2n1[C@](C)(Cc1ccc(C#N)cc1)C(=O)N2c1cc(Cl)cc(Cl)c1)C(=O)O.Cc1nnc(N)o1.Cc1nnc(NC(=O)[C@H](C)NC(=O)c2cnc3n2[C@](C)(Cc2ccc(C#N)cc2)C(=O)N3c2cc(Cl)cc(Cl)c2)o1.On1nnc2ccccc21.[SiH4]. The zero-order valence-electron chi connectivity index (χ0n) is 58.2. The number of fused-ring (bicyclic) bond motifs is 3. The molecule has 0 spiro atoms. The summed E-state index contributed by atoms with van der Waals surface area (Å²) in [6.07, 6.45) is 11.9. The van der Waals surface area contributed by atoms with E-state index in [4.69, 9.17) is 67.0 Å². The summed E-state index contributed by atoms with van der Waals surface area (Å²) in [4.78, 5) is 99.1. The molecule has 5 aromatic carbocycles. The van der Waals surface area contributed by atoms with Gasteiger partial charge in [0.05, 0.1) is 59.1 Å². The number of nitrogen functional groups attached to an aromatic ring is 1. The van der Waals surface area contributed by atoms with Gasteiger partial charge in [-0.1, -0.05) is 153 Å². The molecule has 2 aliphatic heterocycles. The first-order chi connectivity index (χ1) is 50.6. The number of aromatic nitrogens is 11. The lowest BCUT2D eigenvalue weighted by Gasteiger charge is -2.27. The number of anilines is 6. The molecular weight excluding hydrogens is 1510 g/mol. The number of amides is 5. The van der Waals surface area contributed by atoms with Crippen LogP contribution in [0.1, 0.15) is 157 Å². The van der Waals surface area contributed by atoms with E-state index in [1.807, 2.05) is 12.1 Å². The second-order valence-corrected chi connectivity index (χ2v) is 26.6. The third kappa shape index (κ3) is 21.6. The van der Waals surface area contributed by atoms with E-state index >= 15 is 0 Å². The van der Waals surface area contributed by atoms with Crippen LogP contribution in [0.5, 0.6) is 0 Å². The van der Waals surface area contributed by atoms with E-state index in [2.05, 4.69) is 96.1 Å². The molecule has 0 unspecified atom stereocenters. The Morgan fingerprint density at radius 2 is 1.14 bits per heavy atom. The van der Waals surface area contributed by atoms with E-state index in [0.29, 0.717) is 65.6 Å². The topological polar surface area (TPSA) is 428 Å². The number of carbonyl (C=O) groups excluding carboxylic acids is 5. The van der Waals surface area contributed by atoms with Crippen LogP contribution in [-0.4, -0.2) is 142 Å². The van der Waals surface area contributed by atoms with E-state index in [0.717, 1.165) is 28.9 Å². The Labute approximate surface area is 659 Å². The maximum Gasteiger partial charge on any atom is 0.325 e. The molecule has 7 N–H and O–H groups in total. The number of halogens is 4. The molecule has 580 valence electrons. The monoisotopic (exact) mass is 1600 g/mol. The van der Waals surface area contributed by atoms with Crippen LogP contribution < -0.4 is 31.5 Å². The molecule has 1 saturated carbocycles. The molecule has 0 radical (unpaired) electrons. The highest BCUT2D eigenvalue weighted by Gasteiger charge is 2.53. The third-order valence-electron chi connectivity index (χ3n) is 16.7. The second kappa shape index (κ2) is 40.0. The minimum Gasteiger partial charge on any atom is -0.480 e. The van der Waals surface area contributed by atoms with Crippen molar-refractivity contribution >= 4 is 145 Å². The Kier molecular flexibility index (Phi) is 32.3. The van der Waals surface area contributed by atoms with Gasteiger partial charge >= 0.3 is 18.0 Å². The third-order valence-corrected chi connectivity index (χ3v) is 17.6. The Bertz CT molecular complexity index is 4960. The number of nitrogens with two attached hydrogens (primary N) is 1. The van der Waals surface area contributed by atoms with Gasteiger partial charge in [-0.2, -0.15) is 10.5 Å². The number of para-hydroxylation sites is 1. The van der Waals surface area contributed by atoms with E-state index in [9.17, 15) is 39.1 Å². The maximum atomic E-state index is 14.1. The molecule has 1 fully saturated rings. The Balaban J connectivity index is 0.000000279. The van der Waals surface area contributed by atoms with E-state index in [-0.39, 0.29) is 99.1 Å². The number of carboxylic acids is 1. The van der Waals surface area contributed by atoms with Crippen molar-refractivity contribution in [2.75, 3.05) is 27.4 Å². The predicted octanol–water partition coefficient (Wildman–Crippen LogP) is 12.4. The fourth-order valence-electron chi connectivity index (χ4n) is 11.5. The number of hydrogen-bond acceptors (Lipinski definition) is 22. The van der Waals surface area contributed by atoms with Gasteiger partial charge in [0.15, 0.2) is 0 Å². The van der Waals surface area contributed by atoms with Crippen molar-refractivity contribution in [3.8, 4) is 12.1 Å². The first-order valence-electron chi connectivity index (χ1n) is 33.0. The summed E-state index contributed by atoms with van der Waals surface area (Å²) < 4.78 is 12.8. The first kappa shape index (κ1) is 89.0. The second-order valence-electron chi connectivity index (χ2n) is 24.8. The predicted molar refractivity (Wildman–Crippen MR) is 424 cm³/mol. The molecule has 3 aliphatic rings. The quantitative estimate of drug-likeness (QED) is 0.0213. The van der Waals surface area contributed by atoms with Crippen molar-refractivity contribution in [2.24, 2.45) is 9.98 Å². The average molecular weight is 1600 g/mol. The normalized spacial score (nSPS) is 15.5. The van der Waals surface area contributed by atoms with Gasteiger partial charge in [0.2, 0.25) is 29.6 Å². The van der Waals surface area contributed by atoms with Crippen molar-refractivity contribution in [1.29, 1.82) is 10.5 Å². The number of nitrogens with one attached hydrogen (secondary N) is 3. The zero-order chi connectivity index (χ0) is 76.6. The molecule has 10 aromatic rings. The summed E-state index contributed by atoms with van der Waals surface area (Å²) in [5, 5.41) is 66.5. The van der Waals surface area contributed by atoms with Crippen molar-refractivity contribution in [3.63, 3.8) is 0 Å². The van der Waals surface area contributed by atoms with Gasteiger partial charge < -0.3 is 35.5 Å². The van der Waals surface area contributed by atoms with E-state index < -0.39 is 46.9 Å². The highest BCUT2D eigenvalue weighted by atomic mass is 35.5. The molecule has 4 atom stereocenters. The van der Waals surface area contributed by atoms with Gasteiger partial charge in [0, 0.05) is 53.3 Å². The van der Waals surface area contributed by atoms with Crippen LogP contribution in [0.25, 0.3) is 11.0 Å². The fourth-order valence-corrected chi connectivity index (χ4v) is 12.5. The molecule has 31 nitrogen and oxygen atoms in total. The number of aliphatic imine (C=N–C) groups is 2. The molecule has 7 heterocycles. The maximum absolute atomic E-state index is 14.1. The molecule has 0 bridgehead atoms. The van der Waals surface area contributed by atoms with Crippen LogP contribution >= 0.6 is 46.4 Å². The number of rotatable bonds is 17. The highest BCUT2D eigenvalue weighted by Crippen LogP contribution is 2.46. The van der Waals surface area contributed by atoms with Crippen LogP contribution in [0.2, 0.25) is 20.1 Å². The van der Waals surface area contributed by atoms with Gasteiger partial charge in [-0.25, -0.2) is 29.8 Å². The van der Waals surface area contributed by atoms with Crippen LogP contribution in [0.4, 0.5) is 35.3 Å². The van der Waals surface area contributed by atoms with Crippen molar-refractivity contribution in [3.05, 3.63) is 187 Å². The molecular formula is C74H87Cl4N21O10Si. The summed E-state index contributed by atoms with van der Waals surface area (Å²) >= 11 is 24.8. The van der Waals surface area contributed by atoms with Gasteiger partial charge in [0.25, 0.3) is 23.6 Å². The fraction of sp³-hybridized carbons (Fsp3) is 0.338. The summed E-state index contributed by atoms with van der Waals surface area (Å²) in [5.41, 5.74) is 6.98. The zero-order valence-corrected chi connectivity index (χ0v) is 61.2. The molecule has 1 aliphatic carbocycles. The van der Waals surface area contributed by atoms with Crippen molar-refractivity contribution in [2.45, 2.75) is 158 Å². The lowest BCUT2D eigenvalue weighted by Crippen LogP contribution is -2.45. The number of unbranched alkanes of at least 4 members (excludes halogenated alkanes) is 1. The standard InChI is InChI=1S/C27H22Cl2N8O4.C24H19Cl2N5O4.C11H20N2.C6H5N3O.C3H5N3O.3CH4.H4Si/c1-14(22(38)33-25-35-34-15(2)41-25)32-23(39)21-13-31-26-36(20-9-18(28)8-19(29)10-20)24(40)27(3,37(21)26)11-16-4-6-17(12-30)7-5-16;1-13(21(33)34)29-20(32)19-12-28-23-30(18-8-16(25)7-17(26)9-18)22(35)24(2,31(19)23)10-14-3-5-15(11-27)6-4-14;1-2-3-9-12-10-13-11-7-5-4-6-8-11;10-9-6-4-2-1-3-5(6)7-8-9;1-2-5-6-3(4)7-2;;;;/h4-10,13-14H,11H2,1-3H3,(H,32,39)(H,33,35,38);3-9,12-13H,10H2,1-2H3,(H,29,32)(H,33,34);11H,2-9H2,1H3;1-4,10H;1H3,(H2,4,6);4*1H4/t14-,27+;13-,24+;;;;;;;/m00......./s1.